The Labute approximate surface area is 140 Å². The van der Waals surface area contributed by atoms with Gasteiger partial charge in [-0.25, -0.2) is 0 Å². The molecule has 0 aromatic heterocycles. The van der Waals surface area contributed by atoms with Crippen molar-refractivity contribution in [1.29, 1.82) is 0 Å². The van der Waals surface area contributed by atoms with E-state index >= 15 is 0 Å². The van der Waals surface area contributed by atoms with Crippen LogP contribution < -0.4 is 15.4 Å². The molecule has 0 radical (unpaired) electrons. The Morgan fingerprint density at radius 3 is 2.68 bits per heavy atom. The zero-order valence-corrected chi connectivity index (χ0v) is 14.9. The van der Waals surface area contributed by atoms with Gasteiger partial charge < -0.3 is 15.4 Å². The lowest BCUT2D eigenvalue weighted by molar-refractivity contribution is -0.116. The number of benzene rings is 1. The van der Waals surface area contributed by atoms with Crippen LogP contribution in [0.5, 0.6) is 5.75 Å². The van der Waals surface area contributed by atoms with Crippen LogP contribution in [0.2, 0.25) is 0 Å². The highest BCUT2D eigenvalue weighted by molar-refractivity contribution is 5.90. The lowest BCUT2D eigenvalue weighted by Gasteiger charge is -2.13. The predicted molar refractivity (Wildman–Crippen MR) is 95.2 cm³/mol. The van der Waals surface area contributed by atoms with E-state index in [4.69, 9.17) is 4.74 Å². The first-order valence-corrected chi connectivity index (χ1v) is 7.71. The number of carbonyl (C=O) groups is 1. The van der Waals surface area contributed by atoms with Crippen molar-refractivity contribution in [2.75, 3.05) is 25.5 Å². The van der Waals surface area contributed by atoms with E-state index in [9.17, 15) is 4.79 Å². The SMILES string of the molecule is CNCCCC(=O)Nc1ccc(C)c(OCCC(C)C)c1.Cl. The third-order valence-corrected chi connectivity index (χ3v) is 3.26. The second kappa shape index (κ2) is 11.3. The van der Waals surface area contributed by atoms with E-state index < -0.39 is 0 Å². The topological polar surface area (TPSA) is 50.4 Å². The third kappa shape index (κ3) is 8.25. The van der Waals surface area contributed by atoms with Gasteiger partial charge in [-0.15, -0.1) is 12.4 Å². The summed E-state index contributed by atoms with van der Waals surface area (Å²) in [6, 6.07) is 5.81. The van der Waals surface area contributed by atoms with E-state index in [-0.39, 0.29) is 18.3 Å². The van der Waals surface area contributed by atoms with Crippen LogP contribution in [-0.2, 0) is 4.79 Å². The average Bonchev–Trinajstić information content (AvgIpc) is 2.42. The molecule has 4 nitrogen and oxygen atoms in total. The molecule has 0 saturated carbocycles. The van der Waals surface area contributed by atoms with E-state index in [1.807, 2.05) is 32.2 Å². The van der Waals surface area contributed by atoms with Crippen LogP contribution >= 0.6 is 12.4 Å². The fourth-order valence-corrected chi connectivity index (χ4v) is 1.89. The van der Waals surface area contributed by atoms with Gasteiger partial charge in [0, 0.05) is 18.2 Å². The minimum Gasteiger partial charge on any atom is -0.493 e. The molecule has 0 atom stereocenters. The number of anilines is 1. The minimum absolute atomic E-state index is 0. The van der Waals surface area contributed by atoms with Gasteiger partial charge in [-0.2, -0.15) is 0 Å². The van der Waals surface area contributed by atoms with Crippen LogP contribution in [0.1, 0.15) is 38.7 Å². The van der Waals surface area contributed by atoms with Crippen molar-refractivity contribution in [3.8, 4) is 5.75 Å². The molecule has 0 heterocycles. The van der Waals surface area contributed by atoms with Gasteiger partial charge in [-0.3, -0.25) is 4.79 Å². The highest BCUT2D eigenvalue weighted by atomic mass is 35.5. The number of amides is 1. The molecule has 0 aliphatic rings. The number of halogens is 1. The molecular weight excluding hydrogens is 300 g/mol. The lowest BCUT2D eigenvalue weighted by atomic mass is 10.1. The molecule has 0 spiro atoms. The molecule has 0 saturated heterocycles. The van der Waals surface area contributed by atoms with Crippen LogP contribution in [-0.4, -0.2) is 26.1 Å². The minimum atomic E-state index is 0. The molecule has 0 fully saturated rings. The summed E-state index contributed by atoms with van der Waals surface area (Å²) in [6.45, 7) is 7.93. The highest BCUT2D eigenvalue weighted by Crippen LogP contribution is 2.23. The van der Waals surface area contributed by atoms with Gasteiger partial charge in [0.1, 0.15) is 5.75 Å². The molecule has 1 rings (SSSR count). The monoisotopic (exact) mass is 328 g/mol. The van der Waals surface area contributed by atoms with Gasteiger partial charge in [0.2, 0.25) is 5.91 Å². The molecule has 1 aromatic carbocycles. The number of nitrogens with one attached hydrogen (secondary N) is 2. The summed E-state index contributed by atoms with van der Waals surface area (Å²) >= 11 is 0. The quantitative estimate of drug-likeness (QED) is 0.678. The molecule has 0 aliphatic carbocycles. The molecule has 0 bridgehead atoms. The van der Waals surface area contributed by atoms with Crippen LogP contribution in [0, 0.1) is 12.8 Å². The second-order valence-electron chi connectivity index (χ2n) is 5.77. The molecule has 1 amide bonds. The van der Waals surface area contributed by atoms with Crippen molar-refractivity contribution < 1.29 is 9.53 Å². The largest absolute Gasteiger partial charge is 0.493 e. The molecule has 1 aromatic rings. The fraction of sp³-hybridized carbons (Fsp3) is 0.588. The maximum Gasteiger partial charge on any atom is 0.224 e. The molecule has 0 unspecified atom stereocenters. The summed E-state index contributed by atoms with van der Waals surface area (Å²) in [7, 11) is 1.89. The van der Waals surface area contributed by atoms with E-state index in [2.05, 4.69) is 24.5 Å². The zero-order valence-electron chi connectivity index (χ0n) is 14.1. The first-order chi connectivity index (χ1) is 10.0. The molecule has 5 heteroatoms. The Hall–Kier alpha value is -1.26. The number of hydrogen-bond acceptors (Lipinski definition) is 3. The normalized spacial score (nSPS) is 10.2. The fourth-order valence-electron chi connectivity index (χ4n) is 1.89. The Morgan fingerprint density at radius 1 is 1.32 bits per heavy atom. The Bertz CT molecular complexity index is 450. The highest BCUT2D eigenvalue weighted by Gasteiger charge is 2.06. The van der Waals surface area contributed by atoms with Crippen LogP contribution in [0.25, 0.3) is 0 Å². The average molecular weight is 329 g/mol. The molecule has 0 aliphatic heterocycles. The van der Waals surface area contributed by atoms with Gasteiger partial charge in [0.15, 0.2) is 0 Å². The summed E-state index contributed by atoms with van der Waals surface area (Å²) in [4.78, 5) is 11.8. The number of carbonyl (C=O) groups excluding carboxylic acids is 1. The molecule has 126 valence electrons. The Kier molecular flexibility index (Phi) is 10.7. The van der Waals surface area contributed by atoms with E-state index in [0.717, 1.165) is 36.4 Å². The van der Waals surface area contributed by atoms with Crippen molar-refractivity contribution in [3.05, 3.63) is 23.8 Å². The third-order valence-electron chi connectivity index (χ3n) is 3.26. The van der Waals surface area contributed by atoms with Gasteiger partial charge in [-0.05, 0) is 50.9 Å². The van der Waals surface area contributed by atoms with Crippen molar-refractivity contribution in [2.45, 2.75) is 40.0 Å². The number of hydrogen-bond donors (Lipinski definition) is 2. The molecule has 22 heavy (non-hydrogen) atoms. The van der Waals surface area contributed by atoms with E-state index in [1.165, 1.54) is 0 Å². The number of ether oxygens (including phenoxy) is 1. The van der Waals surface area contributed by atoms with Crippen molar-refractivity contribution in [2.24, 2.45) is 5.92 Å². The number of rotatable bonds is 9. The summed E-state index contributed by atoms with van der Waals surface area (Å²) in [6.07, 6.45) is 2.39. The maximum atomic E-state index is 11.8. The first kappa shape index (κ1) is 20.7. The second-order valence-corrected chi connectivity index (χ2v) is 5.77. The predicted octanol–water partition coefficient (Wildman–Crippen LogP) is 3.78. The Morgan fingerprint density at radius 2 is 2.05 bits per heavy atom. The molecular formula is C17H29ClN2O2. The first-order valence-electron chi connectivity index (χ1n) is 7.71. The van der Waals surface area contributed by atoms with Crippen molar-refractivity contribution in [1.82, 2.24) is 5.32 Å². The Balaban J connectivity index is 0.00000441. The van der Waals surface area contributed by atoms with Crippen LogP contribution in [0.4, 0.5) is 5.69 Å². The van der Waals surface area contributed by atoms with Gasteiger partial charge in [-0.1, -0.05) is 19.9 Å². The summed E-state index contributed by atoms with van der Waals surface area (Å²) < 4.78 is 5.81. The van der Waals surface area contributed by atoms with E-state index in [0.29, 0.717) is 18.9 Å². The van der Waals surface area contributed by atoms with Gasteiger partial charge in [0.25, 0.3) is 0 Å². The van der Waals surface area contributed by atoms with Crippen molar-refractivity contribution in [3.63, 3.8) is 0 Å². The standard InChI is InChI=1S/C17H28N2O2.ClH/c1-13(2)9-11-21-16-12-15(8-7-14(16)3)19-17(20)6-5-10-18-4;/h7-8,12-13,18H,5-6,9-11H2,1-4H3,(H,19,20);1H. The van der Waals surface area contributed by atoms with E-state index in [1.54, 1.807) is 0 Å². The van der Waals surface area contributed by atoms with Gasteiger partial charge in [0.05, 0.1) is 6.61 Å². The van der Waals surface area contributed by atoms with Crippen LogP contribution in [0.3, 0.4) is 0 Å². The number of aryl methyl sites for hydroxylation is 1. The molecule has 2 N–H and O–H groups in total. The lowest BCUT2D eigenvalue weighted by Crippen LogP contribution is -2.15. The van der Waals surface area contributed by atoms with Crippen LogP contribution in [0.15, 0.2) is 18.2 Å². The smallest absolute Gasteiger partial charge is 0.224 e. The van der Waals surface area contributed by atoms with Gasteiger partial charge >= 0.3 is 0 Å². The summed E-state index contributed by atoms with van der Waals surface area (Å²) in [5.74, 6) is 1.52. The summed E-state index contributed by atoms with van der Waals surface area (Å²) in [5, 5.41) is 5.96. The summed E-state index contributed by atoms with van der Waals surface area (Å²) in [5.41, 5.74) is 1.89. The maximum absolute atomic E-state index is 11.8. The van der Waals surface area contributed by atoms with Crippen molar-refractivity contribution >= 4 is 24.0 Å². The zero-order chi connectivity index (χ0) is 15.7.